The highest BCUT2D eigenvalue weighted by Crippen LogP contribution is 2.40. The van der Waals surface area contributed by atoms with Crippen molar-refractivity contribution in [1.29, 1.82) is 0 Å². The highest BCUT2D eigenvalue weighted by Gasteiger charge is 2.28. The third kappa shape index (κ3) is 2.96. The molecule has 1 aliphatic rings. The van der Waals surface area contributed by atoms with Gasteiger partial charge >= 0.3 is 0 Å². The zero-order valence-corrected chi connectivity index (χ0v) is 11.9. The first-order valence-electron chi connectivity index (χ1n) is 6.84. The first-order chi connectivity index (χ1) is 9.78. The Bertz CT molecular complexity index is 582. The lowest BCUT2D eigenvalue weighted by molar-refractivity contribution is 0.627. The van der Waals surface area contributed by atoms with E-state index in [4.69, 9.17) is 5.73 Å². The minimum atomic E-state index is -0.243. The molecular formula is C14H17FN4S. The fourth-order valence-corrected chi connectivity index (χ4v) is 2.87. The van der Waals surface area contributed by atoms with Gasteiger partial charge in [0.05, 0.1) is 0 Å². The van der Waals surface area contributed by atoms with Crippen molar-refractivity contribution >= 4 is 22.4 Å². The van der Waals surface area contributed by atoms with Crippen molar-refractivity contribution in [2.45, 2.75) is 25.2 Å². The molecule has 1 fully saturated rings. The number of anilines is 2. The van der Waals surface area contributed by atoms with Crippen LogP contribution >= 0.6 is 11.5 Å². The zero-order valence-electron chi connectivity index (χ0n) is 11.1. The van der Waals surface area contributed by atoms with Gasteiger partial charge in [0.2, 0.25) is 5.13 Å². The highest BCUT2D eigenvalue weighted by atomic mass is 32.1. The summed E-state index contributed by atoms with van der Waals surface area (Å²) in [5.41, 5.74) is 6.40. The average Bonchev–Trinajstić information content (AvgIpc) is 3.19. The van der Waals surface area contributed by atoms with E-state index in [0.29, 0.717) is 12.5 Å². The molecule has 1 saturated carbocycles. The van der Waals surface area contributed by atoms with E-state index in [1.807, 2.05) is 11.0 Å². The van der Waals surface area contributed by atoms with Gasteiger partial charge in [-0.15, -0.1) is 0 Å². The molecule has 2 N–H and O–H groups in total. The van der Waals surface area contributed by atoms with Gasteiger partial charge in [-0.05, 0) is 44.0 Å². The quantitative estimate of drug-likeness (QED) is 0.889. The first kappa shape index (κ1) is 13.5. The van der Waals surface area contributed by atoms with E-state index in [2.05, 4.69) is 9.36 Å². The fourth-order valence-electron chi connectivity index (χ4n) is 2.07. The summed E-state index contributed by atoms with van der Waals surface area (Å²) in [5, 5.41) is 0.825. The Hall–Kier alpha value is -1.53. The summed E-state index contributed by atoms with van der Waals surface area (Å²) in [6.07, 6.45) is 3.19. The van der Waals surface area contributed by atoms with Crippen LogP contribution in [-0.4, -0.2) is 22.4 Å². The normalized spacial score (nSPS) is 14.5. The second-order valence-corrected chi connectivity index (χ2v) is 5.71. The lowest BCUT2D eigenvalue weighted by Gasteiger charge is -2.21. The maximum Gasteiger partial charge on any atom is 0.209 e. The lowest BCUT2D eigenvalue weighted by atomic mass is 10.2. The van der Waals surface area contributed by atoms with Crippen molar-refractivity contribution in [3.8, 4) is 0 Å². The average molecular weight is 292 g/mol. The number of halogens is 1. The van der Waals surface area contributed by atoms with E-state index in [-0.39, 0.29) is 5.82 Å². The second kappa shape index (κ2) is 5.85. The van der Waals surface area contributed by atoms with Crippen molar-refractivity contribution in [3.05, 3.63) is 35.9 Å². The SMILES string of the molecule is NCCCN(c1cccc(F)c1)c1nc(C2CC2)ns1. The van der Waals surface area contributed by atoms with Crippen molar-refractivity contribution in [1.82, 2.24) is 9.36 Å². The molecule has 0 bridgehead atoms. The third-order valence-corrected chi connectivity index (χ3v) is 4.06. The van der Waals surface area contributed by atoms with Crippen LogP contribution < -0.4 is 10.6 Å². The Kier molecular flexibility index (Phi) is 3.93. The van der Waals surface area contributed by atoms with Crippen LogP contribution in [0.2, 0.25) is 0 Å². The number of nitrogens with two attached hydrogens (primary N) is 1. The van der Waals surface area contributed by atoms with Crippen molar-refractivity contribution in [3.63, 3.8) is 0 Å². The fraction of sp³-hybridized carbons (Fsp3) is 0.429. The Morgan fingerprint density at radius 3 is 2.95 bits per heavy atom. The van der Waals surface area contributed by atoms with Crippen LogP contribution in [-0.2, 0) is 0 Å². The summed E-state index contributed by atoms with van der Waals surface area (Å²) < 4.78 is 17.8. The molecule has 6 heteroatoms. The molecule has 4 nitrogen and oxygen atoms in total. The van der Waals surface area contributed by atoms with E-state index < -0.39 is 0 Å². The van der Waals surface area contributed by atoms with Gasteiger partial charge in [-0.2, -0.15) is 4.37 Å². The first-order valence-corrected chi connectivity index (χ1v) is 7.62. The van der Waals surface area contributed by atoms with Gasteiger partial charge in [0.25, 0.3) is 0 Å². The molecule has 3 rings (SSSR count). The van der Waals surface area contributed by atoms with Gasteiger partial charge in [-0.1, -0.05) is 6.07 Å². The third-order valence-electron chi connectivity index (χ3n) is 3.31. The van der Waals surface area contributed by atoms with E-state index >= 15 is 0 Å². The molecule has 1 heterocycles. The molecule has 0 atom stereocenters. The zero-order chi connectivity index (χ0) is 13.9. The number of hydrogen-bond acceptors (Lipinski definition) is 5. The molecule has 1 aliphatic carbocycles. The maximum atomic E-state index is 13.4. The van der Waals surface area contributed by atoms with Crippen LogP contribution in [0, 0.1) is 5.82 Å². The van der Waals surface area contributed by atoms with Crippen LogP contribution in [0.5, 0.6) is 0 Å². The van der Waals surface area contributed by atoms with Gasteiger partial charge in [0, 0.05) is 29.7 Å². The van der Waals surface area contributed by atoms with E-state index in [0.717, 1.165) is 29.6 Å². The van der Waals surface area contributed by atoms with Gasteiger partial charge in [0.15, 0.2) is 0 Å². The maximum absolute atomic E-state index is 13.4. The monoisotopic (exact) mass is 292 g/mol. The van der Waals surface area contributed by atoms with Gasteiger partial charge in [-0.25, -0.2) is 9.37 Å². The molecule has 0 radical (unpaired) electrons. The van der Waals surface area contributed by atoms with E-state index in [1.165, 1.54) is 36.5 Å². The summed E-state index contributed by atoms with van der Waals surface area (Å²) in [5.74, 6) is 1.22. The second-order valence-electron chi connectivity index (χ2n) is 4.98. The Labute approximate surface area is 121 Å². The summed E-state index contributed by atoms with van der Waals surface area (Å²) in [6, 6.07) is 6.57. The summed E-state index contributed by atoms with van der Waals surface area (Å²) >= 11 is 1.38. The van der Waals surface area contributed by atoms with E-state index in [1.54, 1.807) is 6.07 Å². The minimum Gasteiger partial charge on any atom is -0.330 e. The molecular weight excluding hydrogens is 275 g/mol. The van der Waals surface area contributed by atoms with E-state index in [9.17, 15) is 4.39 Å². The predicted octanol–water partition coefficient (Wildman–Crippen LogP) is 3.04. The molecule has 0 aliphatic heterocycles. The lowest BCUT2D eigenvalue weighted by Crippen LogP contribution is -2.21. The van der Waals surface area contributed by atoms with Gasteiger partial charge in [0.1, 0.15) is 11.6 Å². The highest BCUT2D eigenvalue weighted by molar-refractivity contribution is 7.09. The summed E-state index contributed by atoms with van der Waals surface area (Å²) in [4.78, 5) is 6.60. The molecule has 0 saturated heterocycles. The Balaban J connectivity index is 1.87. The van der Waals surface area contributed by atoms with Crippen molar-refractivity contribution < 1.29 is 4.39 Å². The topological polar surface area (TPSA) is 55.0 Å². The Morgan fingerprint density at radius 2 is 2.25 bits per heavy atom. The molecule has 2 aromatic rings. The molecule has 1 aromatic heterocycles. The number of hydrogen-bond donors (Lipinski definition) is 1. The standard InChI is InChI=1S/C14H17FN4S/c15-11-3-1-4-12(9-11)19(8-2-7-16)14-17-13(18-20-14)10-5-6-10/h1,3-4,9-10H,2,5-8,16H2. The van der Waals surface area contributed by atoms with Crippen LogP contribution in [0.25, 0.3) is 0 Å². The Morgan fingerprint density at radius 1 is 1.40 bits per heavy atom. The van der Waals surface area contributed by atoms with Gasteiger partial charge < -0.3 is 10.6 Å². The number of rotatable bonds is 6. The van der Waals surface area contributed by atoms with Crippen LogP contribution in [0.3, 0.4) is 0 Å². The number of nitrogens with zero attached hydrogens (tertiary/aromatic N) is 3. The van der Waals surface area contributed by atoms with Crippen LogP contribution in [0.1, 0.15) is 31.0 Å². The largest absolute Gasteiger partial charge is 0.330 e. The molecule has 0 spiro atoms. The molecule has 0 amide bonds. The smallest absolute Gasteiger partial charge is 0.209 e. The van der Waals surface area contributed by atoms with Crippen LogP contribution in [0.15, 0.2) is 24.3 Å². The molecule has 20 heavy (non-hydrogen) atoms. The summed E-state index contributed by atoms with van der Waals surface area (Å²) in [7, 11) is 0. The van der Waals surface area contributed by atoms with Crippen LogP contribution in [0.4, 0.5) is 15.2 Å². The van der Waals surface area contributed by atoms with Crippen molar-refractivity contribution in [2.75, 3.05) is 18.0 Å². The molecule has 106 valence electrons. The molecule has 0 unspecified atom stereocenters. The van der Waals surface area contributed by atoms with Crippen molar-refractivity contribution in [2.24, 2.45) is 5.73 Å². The number of aromatic nitrogens is 2. The van der Waals surface area contributed by atoms with Gasteiger partial charge in [-0.3, -0.25) is 0 Å². The predicted molar refractivity (Wildman–Crippen MR) is 79.0 cm³/mol. The summed E-state index contributed by atoms with van der Waals surface area (Å²) in [6.45, 7) is 1.32. The molecule has 1 aromatic carbocycles. The number of benzene rings is 1. The minimum absolute atomic E-state index is 0.243.